The quantitative estimate of drug-likeness (QED) is 0.781. The van der Waals surface area contributed by atoms with E-state index in [-0.39, 0.29) is 24.1 Å². The number of nitrogens with one attached hydrogen (secondary N) is 1. The molecule has 2 heterocycles. The topological polar surface area (TPSA) is 42.0 Å². The molecule has 3 nitrogen and oxygen atoms in total. The van der Waals surface area contributed by atoms with Gasteiger partial charge in [-0.15, -0.1) is 12.4 Å². The minimum absolute atomic E-state index is 0. The number of carbonyl (C=O) groups is 1. The highest BCUT2D eigenvalue weighted by Gasteiger charge is 2.21. The maximum atomic E-state index is 11.9. The molecular formula is C11H15ClN2O. The van der Waals surface area contributed by atoms with Crippen LogP contribution in [0.1, 0.15) is 23.2 Å². The summed E-state index contributed by atoms with van der Waals surface area (Å²) in [6.45, 7) is 1.86. The Balaban J connectivity index is 0.00000112. The lowest BCUT2D eigenvalue weighted by Gasteiger charge is -2.21. The van der Waals surface area contributed by atoms with Crippen molar-refractivity contribution in [2.24, 2.45) is 5.92 Å². The monoisotopic (exact) mass is 226 g/mol. The molecule has 2 rings (SSSR count). The first-order valence-electron chi connectivity index (χ1n) is 5.03. The van der Waals surface area contributed by atoms with E-state index in [1.165, 1.54) is 0 Å². The van der Waals surface area contributed by atoms with Crippen LogP contribution in [0.15, 0.2) is 24.5 Å². The lowest BCUT2D eigenvalue weighted by atomic mass is 9.91. The average molecular weight is 227 g/mol. The molecule has 0 saturated carbocycles. The molecule has 1 aromatic heterocycles. The van der Waals surface area contributed by atoms with Crippen LogP contribution in [-0.2, 0) is 0 Å². The van der Waals surface area contributed by atoms with Crippen molar-refractivity contribution in [1.82, 2.24) is 10.3 Å². The van der Waals surface area contributed by atoms with Crippen molar-refractivity contribution in [1.29, 1.82) is 0 Å². The summed E-state index contributed by atoms with van der Waals surface area (Å²) in [5, 5.41) is 3.25. The van der Waals surface area contributed by atoms with Gasteiger partial charge in [0, 0.05) is 30.4 Å². The predicted molar refractivity (Wildman–Crippen MR) is 61.4 cm³/mol. The number of pyridine rings is 1. The number of hydrogen-bond acceptors (Lipinski definition) is 3. The van der Waals surface area contributed by atoms with Crippen molar-refractivity contribution in [2.45, 2.75) is 12.8 Å². The Kier molecular flexibility index (Phi) is 4.72. The molecule has 4 heteroatoms. The molecule has 0 aliphatic carbocycles. The number of Topliss-reactive ketones (excluding diaryl/α,β-unsaturated/α-hetero) is 1. The number of nitrogens with zero attached hydrogens (tertiary/aromatic N) is 1. The van der Waals surface area contributed by atoms with E-state index < -0.39 is 0 Å². The molecule has 0 radical (unpaired) electrons. The lowest BCUT2D eigenvalue weighted by molar-refractivity contribution is 0.0899. The van der Waals surface area contributed by atoms with E-state index in [4.69, 9.17) is 0 Å². The molecule has 1 saturated heterocycles. The molecule has 15 heavy (non-hydrogen) atoms. The fourth-order valence-electron chi connectivity index (χ4n) is 1.83. The zero-order chi connectivity index (χ0) is 9.80. The Morgan fingerprint density at radius 2 is 2.13 bits per heavy atom. The van der Waals surface area contributed by atoms with Gasteiger partial charge in [0.05, 0.1) is 0 Å². The lowest BCUT2D eigenvalue weighted by Crippen LogP contribution is -2.34. The van der Waals surface area contributed by atoms with Crippen LogP contribution in [0.4, 0.5) is 0 Å². The van der Waals surface area contributed by atoms with Crippen molar-refractivity contribution < 1.29 is 4.79 Å². The summed E-state index contributed by atoms with van der Waals surface area (Å²) >= 11 is 0. The molecule has 0 bridgehead atoms. The van der Waals surface area contributed by atoms with Crippen molar-refractivity contribution in [2.75, 3.05) is 13.1 Å². The first-order chi connectivity index (χ1) is 6.88. The van der Waals surface area contributed by atoms with Crippen LogP contribution in [0.2, 0.25) is 0 Å². The number of rotatable bonds is 2. The van der Waals surface area contributed by atoms with E-state index in [9.17, 15) is 4.79 Å². The van der Waals surface area contributed by atoms with Crippen LogP contribution < -0.4 is 5.32 Å². The van der Waals surface area contributed by atoms with Gasteiger partial charge < -0.3 is 5.32 Å². The van der Waals surface area contributed by atoms with Gasteiger partial charge in [0.15, 0.2) is 5.78 Å². The molecule has 1 aliphatic heterocycles. The van der Waals surface area contributed by atoms with E-state index in [1.807, 2.05) is 0 Å². The van der Waals surface area contributed by atoms with Gasteiger partial charge >= 0.3 is 0 Å². The second-order valence-electron chi connectivity index (χ2n) is 3.64. The highest BCUT2D eigenvalue weighted by atomic mass is 35.5. The van der Waals surface area contributed by atoms with Gasteiger partial charge in [-0.2, -0.15) is 0 Å². The summed E-state index contributed by atoms with van der Waals surface area (Å²) < 4.78 is 0. The van der Waals surface area contributed by atoms with Gasteiger partial charge in [-0.25, -0.2) is 0 Å². The van der Waals surface area contributed by atoms with Gasteiger partial charge in [-0.1, -0.05) is 0 Å². The number of halogens is 1. The Morgan fingerprint density at radius 1 is 1.40 bits per heavy atom. The van der Waals surface area contributed by atoms with Gasteiger partial charge in [0.25, 0.3) is 0 Å². The van der Waals surface area contributed by atoms with Gasteiger partial charge in [-0.3, -0.25) is 9.78 Å². The first-order valence-corrected chi connectivity index (χ1v) is 5.03. The molecule has 1 unspecified atom stereocenters. The fraction of sp³-hybridized carbons (Fsp3) is 0.455. The summed E-state index contributed by atoms with van der Waals surface area (Å²) in [5.74, 6) is 0.408. The van der Waals surface area contributed by atoms with Crippen molar-refractivity contribution in [3.63, 3.8) is 0 Å². The van der Waals surface area contributed by atoms with Crippen LogP contribution in [0.25, 0.3) is 0 Å². The highest BCUT2D eigenvalue weighted by molar-refractivity contribution is 5.97. The van der Waals surface area contributed by atoms with Crippen molar-refractivity contribution >= 4 is 18.2 Å². The number of aromatic nitrogens is 1. The summed E-state index contributed by atoms with van der Waals surface area (Å²) in [4.78, 5) is 15.8. The zero-order valence-electron chi connectivity index (χ0n) is 8.48. The average Bonchev–Trinajstić information content (AvgIpc) is 2.30. The normalized spacial score (nSPS) is 20.4. The third-order valence-corrected chi connectivity index (χ3v) is 2.63. The second kappa shape index (κ2) is 5.83. The number of hydrogen-bond donors (Lipinski definition) is 1. The molecule has 1 N–H and O–H groups in total. The third kappa shape index (κ3) is 3.01. The summed E-state index contributed by atoms with van der Waals surface area (Å²) in [5.41, 5.74) is 0.786. The standard InChI is InChI=1S/C11H14N2O.ClH/c14-11(9-3-6-12-7-4-9)10-2-1-5-13-8-10;/h3-4,6-7,10,13H,1-2,5,8H2;1H. The Morgan fingerprint density at radius 3 is 2.73 bits per heavy atom. The van der Waals surface area contributed by atoms with Crippen LogP contribution in [0.3, 0.4) is 0 Å². The van der Waals surface area contributed by atoms with E-state index in [1.54, 1.807) is 24.5 Å². The number of carbonyl (C=O) groups excluding carboxylic acids is 1. The van der Waals surface area contributed by atoms with Gasteiger partial charge in [0.1, 0.15) is 0 Å². The van der Waals surface area contributed by atoms with Crippen LogP contribution in [0.5, 0.6) is 0 Å². The second-order valence-corrected chi connectivity index (χ2v) is 3.64. The Hall–Kier alpha value is -0.930. The van der Waals surface area contributed by atoms with E-state index in [0.717, 1.165) is 31.5 Å². The predicted octanol–water partition coefficient (Wildman–Crippen LogP) is 1.69. The molecule has 1 atom stereocenters. The van der Waals surface area contributed by atoms with Crippen LogP contribution >= 0.6 is 12.4 Å². The molecule has 82 valence electrons. The van der Waals surface area contributed by atoms with Crippen molar-refractivity contribution in [3.8, 4) is 0 Å². The van der Waals surface area contributed by atoms with Gasteiger partial charge in [0.2, 0.25) is 0 Å². The summed E-state index contributed by atoms with van der Waals surface area (Å²) in [7, 11) is 0. The SMILES string of the molecule is Cl.O=C(c1ccncc1)C1CCCNC1. The van der Waals surface area contributed by atoms with Crippen LogP contribution in [0, 0.1) is 5.92 Å². The van der Waals surface area contributed by atoms with Gasteiger partial charge in [-0.05, 0) is 31.5 Å². The minimum Gasteiger partial charge on any atom is -0.316 e. The van der Waals surface area contributed by atoms with E-state index >= 15 is 0 Å². The number of ketones is 1. The minimum atomic E-state index is 0. The van der Waals surface area contributed by atoms with Crippen LogP contribution in [-0.4, -0.2) is 23.9 Å². The summed E-state index contributed by atoms with van der Waals surface area (Å²) in [6, 6.07) is 3.58. The van der Waals surface area contributed by atoms with Crippen molar-refractivity contribution in [3.05, 3.63) is 30.1 Å². The molecular weight excluding hydrogens is 212 g/mol. The van der Waals surface area contributed by atoms with E-state index in [2.05, 4.69) is 10.3 Å². The first kappa shape index (κ1) is 12.1. The third-order valence-electron chi connectivity index (χ3n) is 2.63. The summed E-state index contributed by atoms with van der Waals surface area (Å²) in [6.07, 6.45) is 5.45. The fourth-order valence-corrected chi connectivity index (χ4v) is 1.83. The highest BCUT2D eigenvalue weighted by Crippen LogP contribution is 2.15. The maximum absolute atomic E-state index is 11.9. The molecule has 1 aromatic rings. The molecule has 1 fully saturated rings. The number of piperidine rings is 1. The molecule has 0 spiro atoms. The largest absolute Gasteiger partial charge is 0.316 e. The maximum Gasteiger partial charge on any atom is 0.167 e. The molecule has 1 aliphatic rings. The smallest absolute Gasteiger partial charge is 0.167 e. The Labute approximate surface area is 95.7 Å². The van der Waals surface area contributed by atoms with E-state index in [0.29, 0.717) is 0 Å². The Bertz CT molecular complexity index is 310. The molecule has 0 aromatic carbocycles. The zero-order valence-corrected chi connectivity index (χ0v) is 9.30. The molecule has 0 amide bonds.